The number of nitrogen functional groups attached to an aromatic ring is 1. The standard InChI is InChI=1S/C14H10BrF2NO3/c1-20-14(19)7-2-3-10(18)11(4-7)21-12-6-8(15)5-9(16)13(12)17/h2-6H,18H2,1H3. The molecule has 0 unspecified atom stereocenters. The van der Waals surface area contributed by atoms with Gasteiger partial charge in [-0.25, -0.2) is 9.18 Å². The second-order valence-corrected chi connectivity index (χ2v) is 4.96. The van der Waals surface area contributed by atoms with E-state index in [4.69, 9.17) is 10.5 Å². The van der Waals surface area contributed by atoms with Crippen LogP contribution in [0.2, 0.25) is 0 Å². The molecule has 0 atom stereocenters. The Morgan fingerprint density at radius 2 is 1.90 bits per heavy atom. The van der Waals surface area contributed by atoms with Crippen LogP contribution >= 0.6 is 15.9 Å². The summed E-state index contributed by atoms with van der Waals surface area (Å²) in [6, 6.07) is 6.36. The quantitative estimate of drug-likeness (QED) is 0.514. The number of ether oxygens (including phenoxy) is 2. The molecule has 0 heterocycles. The highest BCUT2D eigenvalue weighted by Crippen LogP contribution is 2.33. The predicted molar refractivity (Wildman–Crippen MR) is 76.3 cm³/mol. The van der Waals surface area contributed by atoms with E-state index in [0.29, 0.717) is 4.47 Å². The number of benzene rings is 2. The summed E-state index contributed by atoms with van der Waals surface area (Å²) in [6.07, 6.45) is 0. The van der Waals surface area contributed by atoms with Gasteiger partial charge in [-0.05, 0) is 30.3 Å². The summed E-state index contributed by atoms with van der Waals surface area (Å²) in [5.74, 6) is -3.14. The zero-order valence-electron chi connectivity index (χ0n) is 10.8. The van der Waals surface area contributed by atoms with Crippen molar-refractivity contribution in [3.05, 3.63) is 52.0 Å². The first-order chi connectivity index (χ1) is 9.92. The molecule has 0 aromatic heterocycles. The summed E-state index contributed by atoms with van der Waals surface area (Å²) < 4.78 is 37.1. The molecule has 0 aliphatic carbocycles. The molecule has 0 saturated heterocycles. The number of methoxy groups -OCH3 is 1. The highest BCUT2D eigenvalue weighted by Gasteiger charge is 2.15. The molecule has 0 spiro atoms. The maximum Gasteiger partial charge on any atom is 0.337 e. The lowest BCUT2D eigenvalue weighted by molar-refractivity contribution is 0.0600. The zero-order valence-corrected chi connectivity index (χ0v) is 12.4. The van der Waals surface area contributed by atoms with Crippen LogP contribution in [-0.2, 0) is 4.74 Å². The monoisotopic (exact) mass is 357 g/mol. The molecule has 21 heavy (non-hydrogen) atoms. The fraction of sp³-hybridized carbons (Fsp3) is 0.0714. The first-order valence-electron chi connectivity index (χ1n) is 5.72. The summed E-state index contributed by atoms with van der Waals surface area (Å²) in [5, 5.41) is 0. The Bertz CT molecular complexity index is 707. The van der Waals surface area contributed by atoms with Crippen LogP contribution in [0, 0.1) is 11.6 Å². The third-order valence-corrected chi connectivity index (χ3v) is 3.07. The van der Waals surface area contributed by atoms with Crippen molar-refractivity contribution in [1.82, 2.24) is 0 Å². The third kappa shape index (κ3) is 3.30. The molecule has 0 amide bonds. The van der Waals surface area contributed by atoms with Crippen molar-refractivity contribution in [1.29, 1.82) is 0 Å². The highest BCUT2D eigenvalue weighted by molar-refractivity contribution is 9.10. The van der Waals surface area contributed by atoms with Crippen molar-refractivity contribution in [2.24, 2.45) is 0 Å². The van der Waals surface area contributed by atoms with Crippen molar-refractivity contribution in [3.63, 3.8) is 0 Å². The van der Waals surface area contributed by atoms with Gasteiger partial charge in [-0.3, -0.25) is 0 Å². The number of esters is 1. The Kier molecular flexibility index (Phi) is 4.42. The van der Waals surface area contributed by atoms with E-state index in [9.17, 15) is 13.6 Å². The number of hydrogen-bond acceptors (Lipinski definition) is 4. The smallest absolute Gasteiger partial charge is 0.337 e. The molecule has 2 aromatic rings. The number of carbonyl (C=O) groups excluding carboxylic acids is 1. The fourth-order valence-electron chi connectivity index (χ4n) is 1.59. The third-order valence-electron chi connectivity index (χ3n) is 2.61. The van der Waals surface area contributed by atoms with Gasteiger partial charge in [0.2, 0.25) is 5.82 Å². The van der Waals surface area contributed by atoms with E-state index in [0.717, 1.165) is 6.07 Å². The Labute approximate surface area is 127 Å². The molecule has 0 aliphatic heterocycles. The second kappa shape index (κ2) is 6.09. The second-order valence-electron chi connectivity index (χ2n) is 4.05. The van der Waals surface area contributed by atoms with Crippen molar-refractivity contribution in [3.8, 4) is 11.5 Å². The van der Waals surface area contributed by atoms with Crippen LogP contribution in [-0.4, -0.2) is 13.1 Å². The summed E-state index contributed by atoms with van der Waals surface area (Å²) in [4.78, 5) is 11.4. The van der Waals surface area contributed by atoms with Crippen LogP contribution < -0.4 is 10.5 Å². The molecule has 2 N–H and O–H groups in total. The van der Waals surface area contributed by atoms with Crippen LogP contribution in [0.5, 0.6) is 11.5 Å². The van der Waals surface area contributed by atoms with Gasteiger partial charge in [0.25, 0.3) is 0 Å². The number of hydrogen-bond donors (Lipinski definition) is 1. The van der Waals surface area contributed by atoms with E-state index in [2.05, 4.69) is 20.7 Å². The summed E-state index contributed by atoms with van der Waals surface area (Å²) in [6.45, 7) is 0. The molecular formula is C14H10BrF2NO3. The largest absolute Gasteiger partial charge is 0.465 e. The Hall–Kier alpha value is -2.15. The van der Waals surface area contributed by atoms with Gasteiger partial charge in [-0.15, -0.1) is 0 Å². The Morgan fingerprint density at radius 1 is 1.19 bits per heavy atom. The van der Waals surface area contributed by atoms with E-state index in [1.54, 1.807) is 0 Å². The normalized spacial score (nSPS) is 10.3. The van der Waals surface area contributed by atoms with Crippen molar-refractivity contribution in [2.45, 2.75) is 0 Å². The van der Waals surface area contributed by atoms with Crippen LogP contribution in [0.4, 0.5) is 14.5 Å². The van der Waals surface area contributed by atoms with Crippen molar-refractivity contribution >= 4 is 27.6 Å². The molecule has 2 aromatic carbocycles. The molecule has 0 bridgehead atoms. The van der Waals surface area contributed by atoms with Gasteiger partial charge in [0, 0.05) is 4.47 Å². The average Bonchev–Trinajstić information content (AvgIpc) is 2.45. The van der Waals surface area contributed by atoms with Gasteiger partial charge in [0.05, 0.1) is 18.4 Å². The first-order valence-corrected chi connectivity index (χ1v) is 6.52. The van der Waals surface area contributed by atoms with Gasteiger partial charge in [0.1, 0.15) is 0 Å². The van der Waals surface area contributed by atoms with Crippen LogP contribution in [0.25, 0.3) is 0 Å². The average molecular weight is 358 g/mol. The summed E-state index contributed by atoms with van der Waals surface area (Å²) in [7, 11) is 1.22. The predicted octanol–water partition coefficient (Wildman–Crippen LogP) is 3.89. The minimum atomic E-state index is -1.15. The molecule has 2 rings (SSSR count). The van der Waals surface area contributed by atoms with Crippen LogP contribution in [0.3, 0.4) is 0 Å². The summed E-state index contributed by atoms with van der Waals surface area (Å²) >= 11 is 3.04. The molecule has 7 heteroatoms. The van der Waals surface area contributed by atoms with E-state index in [1.807, 2.05) is 0 Å². The van der Waals surface area contributed by atoms with Gasteiger partial charge in [-0.1, -0.05) is 15.9 Å². The molecule has 0 saturated carbocycles. The maximum absolute atomic E-state index is 13.7. The molecule has 0 aliphatic rings. The number of anilines is 1. The highest BCUT2D eigenvalue weighted by atomic mass is 79.9. The van der Waals surface area contributed by atoms with E-state index in [-0.39, 0.29) is 22.7 Å². The molecule has 0 fully saturated rings. The topological polar surface area (TPSA) is 61.5 Å². The van der Waals surface area contributed by atoms with Gasteiger partial charge >= 0.3 is 5.97 Å². The minimum Gasteiger partial charge on any atom is -0.465 e. The zero-order chi connectivity index (χ0) is 15.6. The number of halogens is 3. The molecular weight excluding hydrogens is 348 g/mol. The van der Waals surface area contributed by atoms with E-state index in [1.165, 1.54) is 31.4 Å². The molecule has 0 radical (unpaired) electrons. The number of carbonyl (C=O) groups is 1. The van der Waals surface area contributed by atoms with Gasteiger partial charge < -0.3 is 15.2 Å². The minimum absolute atomic E-state index is 0.0225. The number of rotatable bonds is 3. The fourth-order valence-corrected chi connectivity index (χ4v) is 2.00. The maximum atomic E-state index is 13.7. The van der Waals surface area contributed by atoms with Gasteiger partial charge in [-0.2, -0.15) is 4.39 Å². The first kappa shape index (κ1) is 15.2. The lowest BCUT2D eigenvalue weighted by atomic mass is 10.2. The number of nitrogens with two attached hydrogens (primary N) is 1. The Balaban J connectivity index is 2.42. The molecule has 110 valence electrons. The van der Waals surface area contributed by atoms with E-state index >= 15 is 0 Å². The van der Waals surface area contributed by atoms with Crippen LogP contribution in [0.15, 0.2) is 34.8 Å². The van der Waals surface area contributed by atoms with Crippen molar-refractivity contribution < 1.29 is 23.0 Å². The Morgan fingerprint density at radius 3 is 2.57 bits per heavy atom. The van der Waals surface area contributed by atoms with Gasteiger partial charge in [0.15, 0.2) is 17.3 Å². The van der Waals surface area contributed by atoms with Crippen molar-refractivity contribution in [2.75, 3.05) is 12.8 Å². The lowest BCUT2D eigenvalue weighted by Gasteiger charge is -2.11. The lowest BCUT2D eigenvalue weighted by Crippen LogP contribution is -2.03. The van der Waals surface area contributed by atoms with Crippen LogP contribution in [0.1, 0.15) is 10.4 Å². The summed E-state index contributed by atoms with van der Waals surface area (Å²) in [5.41, 5.74) is 6.05. The SMILES string of the molecule is COC(=O)c1ccc(N)c(Oc2cc(Br)cc(F)c2F)c1. The molecule has 4 nitrogen and oxygen atoms in total. The van der Waals surface area contributed by atoms with E-state index < -0.39 is 17.6 Å².